The summed E-state index contributed by atoms with van der Waals surface area (Å²) < 4.78 is 83.5. The standard InChI is InChI=1S/C24H18F5N7O2S/c1-31-9-13(8-30)35-23-18-15(10-32-22(18)33-11-34-23)21(37)19-16(25)6-7-17(20(19)26)36-39(38)14-4-2-12(3-5-14)24(27,28)29/h2-11,30-31,36H,1H3,(H2,32,33,34,35)/p+1/b13-9+,30-8?. The Labute approximate surface area is 219 Å². The number of benzene rings is 2. The molecule has 0 aliphatic rings. The highest BCUT2D eigenvalue weighted by Gasteiger charge is 2.30. The number of rotatable bonds is 9. The zero-order valence-corrected chi connectivity index (χ0v) is 20.7. The van der Waals surface area contributed by atoms with Gasteiger partial charge in [-0.2, -0.15) is 13.2 Å². The van der Waals surface area contributed by atoms with Crippen molar-refractivity contribution in [1.29, 1.82) is 5.41 Å². The van der Waals surface area contributed by atoms with E-state index in [1.807, 2.05) is 0 Å². The topological polar surface area (TPSA) is 140 Å². The predicted molar refractivity (Wildman–Crippen MR) is 133 cm³/mol. The third-order valence-electron chi connectivity index (χ3n) is 5.40. The quantitative estimate of drug-likeness (QED) is 0.120. The molecule has 0 amide bonds. The lowest BCUT2D eigenvalue weighted by atomic mass is 10.0. The van der Waals surface area contributed by atoms with Gasteiger partial charge < -0.3 is 21.0 Å². The van der Waals surface area contributed by atoms with E-state index in [9.17, 15) is 26.6 Å². The number of quaternary nitrogens is 1. The third-order valence-corrected chi connectivity index (χ3v) is 6.50. The van der Waals surface area contributed by atoms with Crippen molar-refractivity contribution < 1.29 is 36.3 Å². The van der Waals surface area contributed by atoms with Crippen molar-refractivity contribution >= 4 is 45.5 Å². The molecule has 9 nitrogen and oxygen atoms in total. The van der Waals surface area contributed by atoms with Gasteiger partial charge in [0.25, 0.3) is 0 Å². The Bertz CT molecular complexity index is 1620. The second-order valence-electron chi connectivity index (χ2n) is 7.88. The van der Waals surface area contributed by atoms with Crippen LogP contribution in [0, 0.1) is 17.0 Å². The lowest BCUT2D eigenvalue weighted by Crippen LogP contribution is -2.73. The number of allylic oxidation sites excluding steroid dienone is 1. The van der Waals surface area contributed by atoms with Crippen LogP contribution in [0.3, 0.4) is 0 Å². The van der Waals surface area contributed by atoms with E-state index in [0.717, 1.165) is 30.5 Å². The van der Waals surface area contributed by atoms with Gasteiger partial charge in [0.1, 0.15) is 46.5 Å². The van der Waals surface area contributed by atoms with Crippen LogP contribution in [0.4, 0.5) is 33.5 Å². The molecule has 0 saturated carbocycles. The molecule has 1 atom stereocenters. The Morgan fingerprint density at radius 1 is 1.13 bits per heavy atom. The first-order valence-electron chi connectivity index (χ1n) is 11.0. The van der Waals surface area contributed by atoms with E-state index in [1.54, 1.807) is 18.6 Å². The van der Waals surface area contributed by atoms with E-state index >= 15 is 4.39 Å². The summed E-state index contributed by atoms with van der Waals surface area (Å²) in [7, 11) is -0.513. The zero-order chi connectivity index (χ0) is 28.3. The minimum absolute atomic E-state index is 0.0969. The van der Waals surface area contributed by atoms with E-state index in [0.29, 0.717) is 17.8 Å². The summed E-state index contributed by atoms with van der Waals surface area (Å²) in [5, 5.41) is 12.1. The van der Waals surface area contributed by atoms with Crippen LogP contribution in [-0.2, 0) is 17.2 Å². The van der Waals surface area contributed by atoms with Gasteiger partial charge >= 0.3 is 6.18 Å². The fourth-order valence-corrected chi connectivity index (χ4v) is 4.44. The largest absolute Gasteiger partial charge is 0.416 e. The summed E-state index contributed by atoms with van der Waals surface area (Å²) in [6.45, 7) is 0. The van der Waals surface area contributed by atoms with Crippen molar-refractivity contribution in [3.8, 4) is 0 Å². The molecule has 39 heavy (non-hydrogen) atoms. The first-order chi connectivity index (χ1) is 18.5. The fraction of sp³-hybridized carbons (Fsp3) is 0.0833. The average molecular weight is 565 g/mol. The summed E-state index contributed by atoms with van der Waals surface area (Å²) in [4.78, 5) is 24.1. The molecule has 4 rings (SSSR count). The summed E-state index contributed by atoms with van der Waals surface area (Å²) in [6.07, 6.45) is 0.370. The number of hydrogen-bond acceptors (Lipinski definition) is 6. The van der Waals surface area contributed by atoms with Crippen molar-refractivity contribution in [2.24, 2.45) is 0 Å². The monoisotopic (exact) mass is 564 g/mol. The Morgan fingerprint density at radius 2 is 1.85 bits per heavy atom. The second-order valence-corrected chi connectivity index (χ2v) is 9.09. The van der Waals surface area contributed by atoms with Crippen LogP contribution in [0.25, 0.3) is 11.0 Å². The SMILES string of the molecule is C[NH2+]/C=C(\C=N)Nc1ncnc2[nH]cc(C(=O)c3c(F)ccc(NS(=O)c4ccc(C(F)(F)F)cc4)c3F)c12. The molecule has 0 bridgehead atoms. The van der Waals surface area contributed by atoms with E-state index in [4.69, 9.17) is 5.41 Å². The Balaban J connectivity index is 1.69. The number of H-pyrrole nitrogens is 1. The lowest BCUT2D eigenvalue weighted by molar-refractivity contribution is -0.556. The van der Waals surface area contributed by atoms with Gasteiger partial charge in [0.05, 0.1) is 39.7 Å². The molecule has 202 valence electrons. The maximum absolute atomic E-state index is 15.4. The van der Waals surface area contributed by atoms with Crippen molar-refractivity contribution in [2.45, 2.75) is 11.1 Å². The van der Waals surface area contributed by atoms with Crippen LogP contribution >= 0.6 is 0 Å². The van der Waals surface area contributed by atoms with Crippen LogP contribution in [0.5, 0.6) is 0 Å². The van der Waals surface area contributed by atoms with Gasteiger partial charge in [0.2, 0.25) is 5.78 Å². The van der Waals surface area contributed by atoms with Crippen molar-refractivity contribution in [3.05, 3.63) is 89.1 Å². The van der Waals surface area contributed by atoms with E-state index in [1.165, 1.54) is 12.5 Å². The number of aromatic nitrogens is 3. The Hall–Kier alpha value is -4.50. The van der Waals surface area contributed by atoms with Crippen molar-refractivity contribution in [3.63, 3.8) is 0 Å². The number of carbonyl (C=O) groups excluding carboxylic acids is 1. The molecule has 0 fully saturated rings. The van der Waals surface area contributed by atoms with Gasteiger partial charge in [-0.15, -0.1) is 0 Å². The van der Waals surface area contributed by atoms with Crippen LogP contribution in [-0.4, -0.2) is 38.2 Å². The number of nitrogens with zero attached hydrogens (tertiary/aromatic N) is 2. The number of nitrogens with two attached hydrogens (primary N) is 1. The van der Waals surface area contributed by atoms with Gasteiger partial charge in [0, 0.05) is 12.4 Å². The molecule has 2 heterocycles. The molecule has 0 aliphatic carbocycles. The molecule has 0 radical (unpaired) electrons. The number of ketones is 1. The highest BCUT2D eigenvalue weighted by atomic mass is 32.2. The Kier molecular flexibility index (Phi) is 7.83. The number of fused-ring (bicyclic) bond motifs is 1. The highest BCUT2D eigenvalue weighted by molar-refractivity contribution is 7.86. The average Bonchev–Trinajstić information content (AvgIpc) is 3.35. The van der Waals surface area contributed by atoms with Gasteiger partial charge in [-0.25, -0.2) is 23.0 Å². The maximum atomic E-state index is 15.4. The molecule has 15 heteroatoms. The molecular formula is C24H19F5N7O2S+. The molecule has 2 aromatic carbocycles. The van der Waals surface area contributed by atoms with Crippen LogP contribution < -0.4 is 15.4 Å². The molecule has 4 aromatic rings. The molecular weight excluding hydrogens is 545 g/mol. The first-order valence-corrected chi connectivity index (χ1v) is 12.2. The Morgan fingerprint density at radius 3 is 2.49 bits per heavy atom. The summed E-state index contributed by atoms with van der Waals surface area (Å²) in [5.41, 5.74) is -2.14. The number of alkyl halides is 3. The zero-order valence-electron chi connectivity index (χ0n) is 19.9. The van der Waals surface area contributed by atoms with Crippen LogP contribution in [0.1, 0.15) is 21.5 Å². The maximum Gasteiger partial charge on any atom is 0.416 e. The molecule has 1 unspecified atom stereocenters. The van der Waals surface area contributed by atoms with Gasteiger partial charge in [-0.3, -0.25) is 9.52 Å². The van der Waals surface area contributed by atoms with Crippen LogP contribution in [0.15, 0.2) is 65.7 Å². The van der Waals surface area contributed by atoms with E-state index < -0.39 is 51.4 Å². The number of hydrogen-bond donors (Lipinski definition) is 5. The number of carbonyl (C=O) groups is 1. The predicted octanol–water partition coefficient (Wildman–Crippen LogP) is 3.72. The summed E-state index contributed by atoms with van der Waals surface area (Å²) in [6, 6.07) is 5.04. The minimum Gasteiger partial charge on any atom is -0.345 e. The smallest absolute Gasteiger partial charge is 0.345 e. The molecule has 0 aliphatic heterocycles. The summed E-state index contributed by atoms with van der Waals surface area (Å²) >= 11 is 0. The first kappa shape index (κ1) is 27.5. The second kappa shape index (κ2) is 11.1. The number of nitrogens with one attached hydrogen (secondary N) is 4. The van der Waals surface area contributed by atoms with Crippen molar-refractivity contribution in [2.75, 3.05) is 17.1 Å². The van der Waals surface area contributed by atoms with Gasteiger partial charge in [-0.1, -0.05) is 0 Å². The number of halogens is 5. The molecule has 0 spiro atoms. The fourth-order valence-electron chi connectivity index (χ4n) is 3.58. The van der Waals surface area contributed by atoms with Gasteiger partial charge in [0.15, 0.2) is 5.82 Å². The lowest BCUT2D eigenvalue weighted by Gasteiger charge is -2.12. The number of aromatic amines is 1. The molecule has 2 aromatic heterocycles. The minimum atomic E-state index is -4.60. The van der Waals surface area contributed by atoms with Crippen molar-refractivity contribution in [1.82, 2.24) is 15.0 Å². The molecule has 0 saturated heterocycles. The van der Waals surface area contributed by atoms with E-state index in [-0.39, 0.29) is 27.3 Å². The van der Waals surface area contributed by atoms with Crippen LogP contribution in [0.2, 0.25) is 0 Å². The number of anilines is 2. The molecule has 6 N–H and O–H groups in total. The normalized spacial score (nSPS) is 12.8. The summed E-state index contributed by atoms with van der Waals surface area (Å²) in [5.74, 6) is -3.55. The van der Waals surface area contributed by atoms with E-state index in [2.05, 4.69) is 25.0 Å². The highest BCUT2D eigenvalue weighted by Crippen LogP contribution is 2.31. The third kappa shape index (κ3) is 5.68. The van der Waals surface area contributed by atoms with Gasteiger partial charge in [-0.05, 0) is 36.4 Å².